The van der Waals surface area contributed by atoms with Crippen LogP contribution in [0.2, 0.25) is 0 Å². The van der Waals surface area contributed by atoms with Crippen LogP contribution in [0.3, 0.4) is 0 Å². The fourth-order valence-corrected chi connectivity index (χ4v) is 1.80. The molecule has 0 saturated heterocycles. The summed E-state index contributed by atoms with van der Waals surface area (Å²) < 4.78 is 10.2. The Hall–Kier alpha value is -3.35. The molecule has 2 aromatic rings. The van der Waals surface area contributed by atoms with Gasteiger partial charge in [0, 0.05) is 11.8 Å². The van der Waals surface area contributed by atoms with E-state index in [-0.39, 0.29) is 6.54 Å². The molecule has 0 unspecified atom stereocenters. The van der Waals surface area contributed by atoms with Crippen molar-refractivity contribution in [2.75, 3.05) is 7.11 Å². The van der Waals surface area contributed by atoms with Gasteiger partial charge in [-0.15, -0.1) is 0 Å². The maximum absolute atomic E-state index is 11.5. The highest BCUT2D eigenvalue weighted by Gasteiger charge is 2.12. The number of benzene rings is 1. The highest BCUT2D eigenvalue weighted by molar-refractivity contribution is 6.35. The van der Waals surface area contributed by atoms with Gasteiger partial charge in [0.25, 0.3) is 0 Å². The summed E-state index contributed by atoms with van der Waals surface area (Å²) in [6, 6.07) is 10.8. The molecule has 2 amide bonds. The molecule has 0 radical (unpaired) electrons. The topological polar surface area (TPSA) is 92.9 Å². The van der Waals surface area contributed by atoms with Crippen LogP contribution in [-0.2, 0) is 16.1 Å². The van der Waals surface area contributed by atoms with Crippen molar-refractivity contribution in [3.8, 4) is 5.75 Å². The first-order valence-electron chi connectivity index (χ1n) is 7.14. The van der Waals surface area contributed by atoms with Crippen molar-refractivity contribution in [2.24, 2.45) is 5.10 Å². The Kier molecular flexibility index (Phi) is 6.34. The zero-order valence-electron chi connectivity index (χ0n) is 13.1. The number of methoxy groups -OCH3 is 1. The van der Waals surface area contributed by atoms with Crippen molar-refractivity contribution >= 4 is 24.1 Å². The third-order valence-electron chi connectivity index (χ3n) is 2.95. The fraction of sp³-hybridized carbons (Fsp3) is 0.118. The lowest BCUT2D eigenvalue weighted by Crippen LogP contribution is -2.37. The summed E-state index contributed by atoms with van der Waals surface area (Å²) in [6.07, 6.45) is 6.24. The number of furan rings is 1. The quantitative estimate of drug-likeness (QED) is 0.480. The molecule has 0 saturated carbocycles. The third kappa shape index (κ3) is 5.13. The van der Waals surface area contributed by atoms with E-state index in [4.69, 9.17) is 9.15 Å². The molecular formula is C17H17N3O4. The Labute approximate surface area is 139 Å². The number of rotatable bonds is 6. The van der Waals surface area contributed by atoms with Crippen LogP contribution >= 0.6 is 0 Å². The predicted molar refractivity (Wildman–Crippen MR) is 89.2 cm³/mol. The molecule has 0 aliphatic heterocycles. The molecule has 0 bridgehead atoms. The molecule has 0 atom stereocenters. The molecule has 0 aliphatic carbocycles. The summed E-state index contributed by atoms with van der Waals surface area (Å²) in [7, 11) is 1.59. The molecule has 2 N–H and O–H groups in total. The normalized spacial score (nSPS) is 10.9. The summed E-state index contributed by atoms with van der Waals surface area (Å²) in [4.78, 5) is 23.1. The second-order valence-electron chi connectivity index (χ2n) is 4.58. The molecule has 0 spiro atoms. The van der Waals surface area contributed by atoms with Gasteiger partial charge in [0.15, 0.2) is 0 Å². The minimum atomic E-state index is -0.858. The first-order chi connectivity index (χ1) is 11.7. The molecule has 1 heterocycles. The van der Waals surface area contributed by atoms with Crippen molar-refractivity contribution in [2.45, 2.75) is 6.54 Å². The molecule has 1 aromatic heterocycles. The summed E-state index contributed by atoms with van der Waals surface area (Å²) in [5, 5.41) is 6.08. The molecule has 124 valence electrons. The standard InChI is InChI=1S/C17H17N3O4/c1-23-15-9-3-2-6-13(15)7-4-10-19-20-17(22)16(21)18-12-14-8-5-11-24-14/h2-11H,12H2,1H3,(H,18,21)(H,20,22)/b7-4+,19-10-. The molecule has 24 heavy (non-hydrogen) atoms. The summed E-state index contributed by atoms with van der Waals surface area (Å²) in [6.45, 7) is 0.136. The molecular weight excluding hydrogens is 310 g/mol. The summed E-state index contributed by atoms with van der Waals surface area (Å²) in [5.74, 6) is -0.372. The van der Waals surface area contributed by atoms with Gasteiger partial charge < -0.3 is 14.5 Å². The van der Waals surface area contributed by atoms with Crippen molar-refractivity contribution < 1.29 is 18.7 Å². The minimum absolute atomic E-state index is 0.136. The Bertz CT molecular complexity index is 736. The number of nitrogens with one attached hydrogen (secondary N) is 2. The number of hydrogen-bond donors (Lipinski definition) is 2. The number of para-hydroxylation sites is 1. The molecule has 7 nitrogen and oxygen atoms in total. The van der Waals surface area contributed by atoms with E-state index in [1.54, 1.807) is 31.4 Å². The van der Waals surface area contributed by atoms with Gasteiger partial charge in [-0.1, -0.05) is 18.2 Å². The van der Waals surface area contributed by atoms with E-state index in [1.165, 1.54) is 12.5 Å². The maximum atomic E-state index is 11.5. The van der Waals surface area contributed by atoms with E-state index in [0.29, 0.717) is 5.76 Å². The van der Waals surface area contributed by atoms with Crippen LogP contribution in [0.25, 0.3) is 6.08 Å². The van der Waals surface area contributed by atoms with Crippen LogP contribution < -0.4 is 15.5 Å². The highest BCUT2D eigenvalue weighted by atomic mass is 16.5. The van der Waals surface area contributed by atoms with Gasteiger partial charge in [0.05, 0.1) is 19.9 Å². The first-order valence-corrected chi connectivity index (χ1v) is 7.14. The lowest BCUT2D eigenvalue weighted by molar-refractivity contribution is -0.139. The molecule has 7 heteroatoms. The third-order valence-corrected chi connectivity index (χ3v) is 2.95. The monoisotopic (exact) mass is 327 g/mol. The van der Waals surface area contributed by atoms with E-state index in [2.05, 4.69) is 15.8 Å². The summed E-state index contributed by atoms with van der Waals surface area (Å²) in [5.41, 5.74) is 3.00. The minimum Gasteiger partial charge on any atom is -0.496 e. The average molecular weight is 327 g/mol. The van der Waals surface area contributed by atoms with Crippen LogP contribution in [0.15, 0.2) is 58.3 Å². The van der Waals surface area contributed by atoms with Gasteiger partial charge in [0.1, 0.15) is 11.5 Å². The van der Waals surface area contributed by atoms with Crippen molar-refractivity contribution in [3.05, 3.63) is 60.1 Å². The Morgan fingerprint density at radius 1 is 1.21 bits per heavy atom. The smallest absolute Gasteiger partial charge is 0.329 e. The average Bonchev–Trinajstić information content (AvgIpc) is 3.13. The van der Waals surface area contributed by atoms with Gasteiger partial charge in [-0.25, -0.2) is 5.43 Å². The van der Waals surface area contributed by atoms with Gasteiger partial charge >= 0.3 is 11.8 Å². The van der Waals surface area contributed by atoms with E-state index >= 15 is 0 Å². The number of hydrogen-bond acceptors (Lipinski definition) is 5. The van der Waals surface area contributed by atoms with E-state index in [1.807, 2.05) is 24.3 Å². The van der Waals surface area contributed by atoms with Gasteiger partial charge in [0.2, 0.25) is 0 Å². The summed E-state index contributed by atoms with van der Waals surface area (Å²) >= 11 is 0. The lowest BCUT2D eigenvalue weighted by atomic mass is 10.2. The molecule has 0 aliphatic rings. The Morgan fingerprint density at radius 3 is 2.79 bits per heavy atom. The SMILES string of the molecule is COc1ccccc1/C=C/C=N\NC(=O)C(=O)NCc1ccco1. The number of hydrazone groups is 1. The van der Waals surface area contributed by atoms with Crippen LogP contribution in [0.4, 0.5) is 0 Å². The number of nitrogens with zero attached hydrogens (tertiary/aromatic N) is 1. The van der Waals surface area contributed by atoms with Gasteiger partial charge in [-0.3, -0.25) is 9.59 Å². The Balaban J connectivity index is 1.77. The van der Waals surface area contributed by atoms with Crippen LogP contribution in [0.1, 0.15) is 11.3 Å². The molecule has 0 fully saturated rings. The number of amides is 2. The van der Waals surface area contributed by atoms with Crippen molar-refractivity contribution in [1.29, 1.82) is 0 Å². The number of carbonyl (C=O) groups excluding carboxylic acids is 2. The zero-order chi connectivity index (χ0) is 17.2. The van der Waals surface area contributed by atoms with Gasteiger partial charge in [-0.05, 0) is 30.4 Å². The fourth-order valence-electron chi connectivity index (χ4n) is 1.80. The largest absolute Gasteiger partial charge is 0.496 e. The second kappa shape index (κ2) is 8.94. The number of carbonyl (C=O) groups is 2. The Morgan fingerprint density at radius 2 is 2.04 bits per heavy atom. The van der Waals surface area contributed by atoms with Crippen molar-refractivity contribution in [1.82, 2.24) is 10.7 Å². The number of allylic oxidation sites excluding steroid dienone is 1. The van der Waals surface area contributed by atoms with Crippen molar-refractivity contribution in [3.63, 3.8) is 0 Å². The van der Waals surface area contributed by atoms with Crippen LogP contribution in [-0.4, -0.2) is 25.1 Å². The first kappa shape index (κ1) is 17.0. The molecule has 2 rings (SSSR count). The van der Waals surface area contributed by atoms with E-state index in [9.17, 15) is 9.59 Å². The van der Waals surface area contributed by atoms with E-state index < -0.39 is 11.8 Å². The van der Waals surface area contributed by atoms with Crippen LogP contribution in [0, 0.1) is 0 Å². The number of ether oxygens (including phenoxy) is 1. The second-order valence-corrected chi connectivity index (χ2v) is 4.58. The maximum Gasteiger partial charge on any atom is 0.329 e. The zero-order valence-corrected chi connectivity index (χ0v) is 13.1. The van der Waals surface area contributed by atoms with Crippen LogP contribution in [0.5, 0.6) is 5.75 Å². The van der Waals surface area contributed by atoms with Gasteiger partial charge in [-0.2, -0.15) is 5.10 Å². The predicted octanol–water partition coefficient (Wildman–Crippen LogP) is 1.72. The highest BCUT2D eigenvalue weighted by Crippen LogP contribution is 2.18. The van der Waals surface area contributed by atoms with E-state index in [0.717, 1.165) is 11.3 Å². The lowest BCUT2D eigenvalue weighted by Gasteiger charge is -2.02. The molecule has 1 aromatic carbocycles.